The number of halogens is 1. The van der Waals surface area contributed by atoms with Crippen molar-refractivity contribution in [2.45, 2.75) is 19.6 Å². The number of ketones is 1. The lowest BCUT2D eigenvalue weighted by Crippen LogP contribution is -2.16. The summed E-state index contributed by atoms with van der Waals surface area (Å²) < 4.78 is 11.9. The van der Waals surface area contributed by atoms with Crippen molar-refractivity contribution in [2.24, 2.45) is 0 Å². The molecular formula is C10H10FNO3. The summed E-state index contributed by atoms with van der Waals surface area (Å²) in [6.07, 6.45) is -2.87. The summed E-state index contributed by atoms with van der Waals surface area (Å²) in [5, 5.41) is 12.4. The molecule has 15 heavy (non-hydrogen) atoms. The fourth-order valence-corrected chi connectivity index (χ4v) is 0.974. The smallest absolute Gasteiger partial charge is 0.300 e. The second-order valence-electron chi connectivity index (χ2n) is 3.20. The molecule has 80 valence electrons. The molecule has 1 atom stereocenters. The minimum absolute atomic E-state index is 0.515. The quantitative estimate of drug-likeness (QED) is 0.442. The molecule has 0 bridgehead atoms. The summed E-state index contributed by atoms with van der Waals surface area (Å²) in [6, 6.07) is 8.48. The highest BCUT2D eigenvalue weighted by atomic mass is 19.1. The Balaban J connectivity index is 0.000000158. The van der Waals surface area contributed by atoms with Crippen LogP contribution in [0.2, 0.25) is 0 Å². The van der Waals surface area contributed by atoms with Crippen molar-refractivity contribution in [3.8, 4) is 0 Å². The number of nitro groups is 1. The Bertz CT molecular complexity index is 422. The van der Waals surface area contributed by atoms with Gasteiger partial charge in [-0.2, -0.15) is 4.39 Å². The van der Waals surface area contributed by atoms with E-state index in [0.717, 1.165) is 6.92 Å². The van der Waals surface area contributed by atoms with E-state index in [1.54, 1.807) is 0 Å². The van der Waals surface area contributed by atoms with E-state index in [2.05, 4.69) is 24.3 Å². The molecule has 5 heteroatoms. The Hall–Kier alpha value is -1.78. The normalized spacial score (nSPS) is 12.1. The topological polar surface area (TPSA) is 60.2 Å². The lowest BCUT2D eigenvalue weighted by atomic mass is 10.1. The lowest BCUT2D eigenvalue weighted by molar-refractivity contribution is -0.551. The van der Waals surface area contributed by atoms with Gasteiger partial charge in [0.25, 0.3) is 0 Å². The van der Waals surface area contributed by atoms with Crippen LogP contribution in [0, 0.1) is 20.6 Å². The van der Waals surface area contributed by atoms with Gasteiger partial charge < -0.3 is 0 Å². The third kappa shape index (κ3) is 3.12. The van der Waals surface area contributed by atoms with E-state index in [1.165, 1.54) is 10.4 Å². The second-order valence-corrected chi connectivity index (χ2v) is 3.20. The number of alkyl halides is 1. The van der Waals surface area contributed by atoms with Crippen LogP contribution in [-0.4, -0.2) is 17.0 Å². The largest absolute Gasteiger partial charge is 0.356 e. The summed E-state index contributed by atoms with van der Waals surface area (Å²) in [4.78, 5) is 18.4. The van der Waals surface area contributed by atoms with Crippen molar-refractivity contribution in [1.82, 2.24) is 0 Å². The van der Waals surface area contributed by atoms with E-state index >= 15 is 0 Å². The Morgan fingerprint density at radius 1 is 1.40 bits per heavy atom. The van der Waals surface area contributed by atoms with Crippen LogP contribution < -0.4 is 0 Å². The predicted octanol–water partition coefficient (Wildman–Crippen LogP) is 1.82. The summed E-state index contributed by atoms with van der Waals surface area (Å²) in [6.45, 7) is 1.11. The number of carbonyl (C=O) groups is 1. The van der Waals surface area contributed by atoms with Crippen LogP contribution in [0.4, 0.5) is 4.39 Å². The number of Topliss-reactive ketones (excluding diaryl/α,β-unsaturated/α-hetero) is 1. The first-order chi connectivity index (χ1) is 7.00. The monoisotopic (exact) mass is 211 g/mol. The summed E-state index contributed by atoms with van der Waals surface area (Å²) in [7, 11) is 0. The maximum atomic E-state index is 11.9. The van der Waals surface area contributed by atoms with Crippen LogP contribution in [0.1, 0.15) is 13.3 Å². The van der Waals surface area contributed by atoms with Crippen molar-refractivity contribution in [3.05, 3.63) is 44.8 Å². The molecule has 0 N–H and O–H groups in total. The molecule has 1 unspecified atom stereocenters. The van der Waals surface area contributed by atoms with Crippen LogP contribution in [0.25, 0.3) is 0 Å². The molecule has 2 rings (SSSR count). The average Bonchev–Trinajstić information content (AvgIpc) is 2.11. The Morgan fingerprint density at radius 3 is 1.87 bits per heavy atom. The van der Waals surface area contributed by atoms with E-state index in [9.17, 15) is 19.3 Å². The van der Waals surface area contributed by atoms with Gasteiger partial charge in [-0.15, -0.1) is 0 Å². The highest BCUT2D eigenvalue weighted by molar-refractivity contribution is 5.75. The summed E-state index contributed by atoms with van der Waals surface area (Å²) in [5.74, 6) is -0.515. The van der Waals surface area contributed by atoms with Gasteiger partial charge in [0.15, 0.2) is 0 Å². The Morgan fingerprint density at radius 2 is 1.80 bits per heavy atom. The first-order valence-corrected chi connectivity index (χ1v) is 4.38. The number of carbonyl (C=O) groups excluding carboxylic acids is 1. The number of rotatable bonds is 3. The molecule has 0 saturated heterocycles. The molecule has 2 aliphatic rings. The fraction of sp³-hybridized carbons (Fsp3) is 0.300. The SMILES string of the molecule is CC(=O)CC(F)[N+](=O)[O-].c1cc2ccc1=2. The van der Waals surface area contributed by atoms with Gasteiger partial charge in [0, 0.05) is 0 Å². The Labute approximate surface area is 85.2 Å². The van der Waals surface area contributed by atoms with Crippen LogP contribution in [0.15, 0.2) is 24.3 Å². The van der Waals surface area contributed by atoms with E-state index in [0.29, 0.717) is 0 Å². The summed E-state index contributed by atoms with van der Waals surface area (Å²) in [5.41, 5.74) is 0. The molecule has 0 fully saturated rings. The third-order valence-corrected chi connectivity index (χ3v) is 1.90. The molecule has 4 nitrogen and oxygen atoms in total. The van der Waals surface area contributed by atoms with Gasteiger partial charge in [0.2, 0.25) is 0 Å². The van der Waals surface area contributed by atoms with Gasteiger partial charge in [0.1, 0.15) is 12.2 Å². The minimum Gasteiger partial charge on any atom is -0.300 e. The van der Waals surface area contributed by atoms with Crippen LogP contribution in [0.5, 0.6) is 0 Å². The van der Waals surface area contributed by atoms with Crippen molar-refractivity contribution < 1.29 is 14.1 Å². The molecule has 0 spiro atoms. The first kappa shape index (κ1) is 11.3. The van der Waals surface area contributed by atoms with Crippen molar-refractivity contribution >= 4 is 5.78 Å². The zero-order chi connectivity index (χ0) is 11.4. The molecule has 0 aliphatic heterocycles. The van der Waals surface area contributed by atoms with Crippen molar-refractivity contribution in [2.75, 3.05) is 0 Å². The molecule has 0 aromatic rings. The summed E-state index contributed by atoms with van der Waals surface area (Å²) >= 11 is 0. The van der Waals surface area contributed by atoms with E-state index in [4.69, 9.17) is 0 Å². The van der Waals surface area contributed by atoms with Crippen LogP contribution >= 0.6 is 0 Å². The molecule has 0 amide bonds. The molecular weight excluding hydrogens is 201 g/mol. The van der Waals surface area contributed by atoms with Gasteiger partial charge in [-0.25, -0.2) is 0 Å². The van der Waals surface area contributed by atoms with E-state index in [1.807, 2.05) is 0 Å². The molecule has 0 radical (unpaired) electrons. The van der Waals surface area contributed by atoms with Gasteiger partial charge in [-0.1, -0.05) is 24.3 Å². The van der Waals surface area contributed by atoms with Gasteiger partial charge in [0.05, 0.1) is 4.92 Å². The Kier molecular flexibility index (Phi) is 3.49. The molecule has 0 saturated carbocycles. The van der Waals surface area contributed by atoms with Crippen LogP contribution in [0.3, 0.4) is 0 Å². The van der Waals surface area contributed by atoms with Crippen molar-refractivity contribution in [3.63, 3.8) is 0 Å². The maximum Gasteiger partial charge on any atom is 0.356 e. The number of benzene rings is 1. The molecule has 0 heterocycles. The number of hydrogen-bond donors (Lipinski definition) is 0. The highest BCUT2D eigenvalue weighted by Crippen LogP contribution is 2.04. The minimum atomic E-state index is -2.23. The van der Waals surface area contributed by atoms with E-state index in [-0.39, 0.29) is 0 Å². The molecule has 2 aliphatic carbocycles. The highest BCUT2D eigenvalue weighted by Gasteiger charge is 2.19. The van der Waals surface area contributed by atoms with Gasteiger partial charge in [-0.3, -0.25) is 14.9 Å². The van der Waals surface area contributed by atoms with Gasteiger partial charge >= 0.3 is 6.30 Å². The second kappa shape index (κ2) is 4.63. The number of hydrogen-bond acceptors (Lipinski definition) is 3. The number of nitrogens with zero attached hydrogens (tertiary/aromatic N) is 1. The molecule has 0 aromatic carbocycles. The standard InChI is InChI=1S/C6H4.C4H6FNO3/c1-2-6-4-3-5(1)6;1-3(7)2-4(5)6(8)9/h1-4H;4H,2H2,1H3. The fourth-order valence-electron chi connectivity index (χ4n) is 0.974. The lowest BCUT2D eigenvalue weighted by Gasteiger charge is -1.95. The predicted molar refractivity (Wildman–Crippen MR) is 51.3 cm³/mol. The zero-order valence-electron chi connectivity index (χ0n) is 8.14. The third-order valence-electron chi connectivity index (χ3n) is 1.90. The van der Waals surface area contributed by atoms with Crippen molar-refractivity contribution in [1.29, 1.82) is 0 Å². The first-order valence-electron chi connectivity index (χ1n) is 4.38. The maximum absolute atomic E-state index is 11.9. The van der Waals surface area contributed by atoms with Crippen LogP contribution in [-0.2, 0) is 4.79 Å². The zero-order valence-corrected chi connectivity index (χ0v) is 8.14. The average molecular weight is 211 g/mol. The van der Waals surface area contributed by atoms with Gasteiger partial charge in [-0.05, 0) is 17.4 Å². The van der Waals surface area contributed by atoms with E-state index < -0.39 is 23.4 Å². The molecule has 0 aromatic heterocycles.